The van der Waals surface area contributed by atoms with E-state index in [4.69, 9.17) is 5.11 Å². The molecule has 1 aliphatic heterocycles. The van der Waals surface area contributed by atoms with Gasteiger partial charge in [0.2, 0.25) is 0 Å². The SMILES string of the molecule is CC(C)CC(c1ccccc1)N1CC(C(=O)O)C1. The first-order valence-corrected chi connectivity index (χ1v) is 6.59. The Morgan fingerprint density at radius 3 is 2.44 bits per heavy atom. The molecule has 2 rings (SSSR count). The van der Waals surface area contributed by atoms with Crippen molar-refractivity contribution in [1.82, 2.24) is 4.90 Å². The van der Waals surface area contributed by atoms with Crippen LogP contribution in [0.15, 0.2) is 30.3 Å². The van der Waals surface area contributed by atoms with E-state index in [0.29, 0.717) is 25.0 Å². The summed E-state index contributed by atoms with van der Waals surface area (Å²) in [6, 6.07) is 10.8. The Morgan fingerprint density at radius 2 is 1.94 bits per heavy atom. The molecule has 0 bridgehead atoms. The van der Waals surface area contributed by atoms with Gasteiger partial charge < -0.3 is 5.11 Å². The maximum atomic E-state index is 10.9. The Kier molecular flexibility index (Phi) is 4.02. The number of benzene rings is 1. The Morgan fingerprint density at radius 1 is 1.33 bits per heavy atom. The fourth-order valence-electron chi connectivity index (χ4n) is 2.54. The summed E-state index contributed by atoms with van der Waals surface area (Å²) in [6.07, 6.45) is 1.08. The topological polar surface area (TPSA) is 40.5 Å². The van der Waals surface area contributed by atoms with Crippen LogP contribution in [-0.2, 0) is 4.79 Å². The van der Waals surface area contributed by atoms with Gasteiger partial charge in [-0.1, -0.05) is 44.2 Å². The zero-order valence-corrected chi connectivity index (χ0v) is 11.0. The molecule has 1 fully saturated rings. The first-order chi connectivity index (χ1) is 8.58. The van der Waals surface area contributed by atoms with Crippen LogP contribution in [0.2, 0.25) is 0 Å². The van der Waals surface area contributed by atoms with Crippen LogP contribution < -0.4 is 0 Å². The van der Waals surface area contributed by atoms with Crippen molar-refractivity contribution in [3.63, 3.8) is 0 Å². The molecule has 1 aromatic rings. The average molecular weight is 247 g/mol. The fraction of sp³-hybridized carbons (Fsp3) is 0.533. The molecule has 1 aromatic carbocycles. The highest BCUT2D eigenvalue weighted by atomic mass is 16.4. The highest BCUT2D eigenvalue weighted by molar-refractivity contribution is 5.71. The van der Waals surface area contributed by atoms with Crippen LogP contribution in [0.3, 0.4) is 0 Å². The molecule has 1 unspecified atom stereocenters. The third kappa shape index (κ3) is 2.91. The van der Waals surface area contributed by atoms with Crippen molar-refractivity contribution in [3.05, 3.63) is 35.9 Å². The van der Waals surface area contributed by atoms with Gasteiger partial charge in [-0.15, -0.1) is 0 Å². The number of nitrogens with zero attached hydrogens (tertiary/aromatic N) is 1. The number of carboxylic acids is 1. The van der Waals surface area contributed by atoms with Gasteiger partial charge in [0.1, 0.15) is 0 Å². The van der Waals surface area contributed by atoms with E-state index < -0.39 is 5.97 Å². The quantitative estimate of drug-likeness (QED) is 0.869. The molecule has 0 saturated carbocycles. The summed E-state index contributed by atoms with van der Waals surface area (Å²) < 4.78 is 0. The second kappa shape index (κ2) is 5.53. The molecule has 1 heterocycles. The van der Waals surface area contributed by atoms with E-state index in [9.17, 15) is 4.79 Å². The summed E-state index contributed by atoms with van der Waals surface area (Å²) in [5.74, 6) is -0.231. The third-order valence-corrected chi connectivity index (χ3v) is 3.58. The molecule has 3 heteroatoms. The van der Waals surface area contributed by atoms with E-state index in [1.165, 1.54) is 5.56 Å². The Balaban J connectivity index is 2.06. The third-order valence-electron chi connectivity index (χ3n) is 3.58. The van der Waals surface area contributed by atoms with Gasteiger partial charge in [-0.05, 0) is 17.9 Å². The number of rotatable bonds is 5. The summed E-state index contributed by atoms with van der Waals surface area (Å²) in [5.41, 5.74) is 1.30. The van der Waals surface area contributed by atoms with Crippen molar-refractivity contribution in [2.75, 3.05) is 13.1 Å². The predicted molar refractivity (Wildman–Crippen MR) is 71.3 cm³/mol. The second-order valence-corrected chi connectivity index (χ2v) is 5.55. The minimum atomic E-state index is -0.664. The smallest absolute Gasteiger partial charge is 0.309 e. The summed E-state index contributed by atoms with van der Waals surface area (Å²) in [6.45, 7) is 5.79. The Labute approximate surface area is 108 Å². The lowest BCUT2D eigenvalue weighted by atomic mass is 9.90. The molecule has 98 valence electrons. The molecule has 3 nitrogen and oxygen atoms in total. The van der Waals surface area contributed by atoms with E-state index in [0.717, 1.165) is 6.42 Å². The van der Waals surface area contributed by atoms with Crippen molar-refractivity contribution < 1.29 is 9.90 Å². The molecule has 1 atom stereocenters. The van der Waals surface area contributed by atoms with Gasteiger partial charge in [0.15, 0.2) is 0 Å². The molecule has 0 amide bonds. The van der Waals surface area contributed by atoms with E-state index >= 15 is 0 Å². The van der Waals surface area contributed by atoms with E-state index in [-0.39, 0.29) is 5.92 Å². The van der Waals surface area contributed by atoms with Crippen molar-refractivity contribution in [2.24, 2.45) is 11.8 Å². The highest BCUT2D eigenvalue weighted by Crippen LogP contribution is 2.33. The van der Waals surface area contributed by atoms with Crippen molar-refractivity contribution in [2.45, 2.75) is 26.3 Å². The summed E-state index contributed by atoms with van der Waals surface area (Å²) in [4.78, 5) is 13.2. The van der Waals surface area contributed by atoms with Crippen LogP contribution in [0.4, 0.5) is 0 Å². The van der Waals surface area contributed by atoms with E-state index in [2.05, 4.69) is 43.0 Å². The zero-order chi connectivity index (χ0) is 13.1. The molecule has 1 N–H and O–H groups in total. The summed E-state index contributed by atoms with van der Waals surface area (Å²) in [5, 5.41) is 8.96. The molecule has 18 heavy (non-hydrogen) atoms. The number of likely N-dealkylation sites (tertiary alicyclic amines) is 1. The molecule has 0 aliphatic carbocycles. The lowest BCUT2D eigenvalue weighted by Gasteiger charge is -2.43. The standard InChI is InChI=1S/C15H21NO2/c1-11(2)8-14(12-6-4-3-5-7-12)16-9-13(10-16)15(17)18/h3-7,11,13-14H,8-10H2,1-2H3,(H,17,18). The molecular weight excluding hydrogens is 226 g/mol. The lowest BCUT2D eigenvalue weighted by molar-refractivity contribution is -0.149. The Bertz CT molecular complexity index is 396. The predicted octanol–water partition coefficient (Wildman–Crippen LogP) is 2.79. The average Bonchev–Trinajstić information content (AvgIpc) is 2.26. The van der Waals surface area contributed by atoms with Gasteiger partial charge in [-0.3, -0.25) is 9.69 Å². The molecule has 0 aromatic heterocycles. The van der Waals surface area contributed by atoms with Gasteiger partial charge in [-0.2, -0.15) is 0 Å². The van der Waals surface area contributed by atoms with Gasteiger partial charge in [0, 0.05) is 19.1 Å². The van der Waals surface area contributed by atoms with Crippen LogP contribution in [-0.4, -0.2) is 29.1 Å². The minimum absolute atomic E-state index is 0.177. The van der Waals surface area contributed by atoms with Gasteiger partial charge in [0.25, 0.3) is 0 Å². The first kappa shape index (κ1) is 13.1. The molecule has 1 aliphatic rings. The molecular formula is C15H21NO2. The van der Waals surface area contributed by atoms with Crippen LogP contribution in [0.25, 0.3) is 0 Å². The van der Waals surface area contributed by atoms with Crippen LogP contribution >= 0.6 is 0 Å². The zero-order valence-electron chi connectivity index (χ0n) is 11.0. The number of aliphatic carboxylic acids is 1. The molecule has 0 radical (unpaired) electrons. The monoisotopic (exact) mass is 247 g/mol. The van der Waals surface area contributed by atoms with Crippen LogP contribution in [0, 0.1) is 11.8 Å². The lowest BCUT2D eigenvalue weighted by Crippen LogP contribution is -2.51. The number of carboxylic acid groups (broad SMARTS) is 1. The van der Waals surface area contributed by atoms with Crippen LogP contribution in [0.1, 0.15) is 31.9 Å². The summed E-state index contributed by atoms with van der Waals surface area (Å²) >= 11 is 0. The Hall–Kier alpha value is -1.35. The molecule has 1 saturated heterocycles. The first-order valence-electron chi connectivity index (χ1n) is 6.59. The minimum Gasteiger partial charge on any atom is -0.481 e. The fourth-order valence-corrected chi connectivity index (χ4v) is 2.54. The second-order valence-electron chi connectivity index (χ2n) is 5.55. The van der Waals surface area contributed by atoms with E-state index in [1.54, 1.807) is 0 Å². The molecule has 0 spiro atoms. The number of hydrogen-bond donors (Lipinski definition) is 1. The van der Waals surface area contributed by atoms with Crippen molar-refractivity contribution in [3.8, 4) is 0 Å². The number of hydrogen-bond acceptors (Lipinski definition) is 2. The van der Waals surface area contributed by atoms with Crippen molar-refractivity contribution in [1.29, 1.82) is 0 Å². The normalized spacial score (nSPS) is 18.6. The highest BCUT2D eigenvalue weighted by Gasteiger charge is 2.37. The van der Waals surface area contributed by atoms with Gasteiger partial charge in [-0.25, -0.2) is 0 Å². The van der Waals surface area contributed by atoms with Gasteiger partial charge in [0.05, 0.1) is 5.92 Å². The van der Waals surface area contributed by atoms with Crippen molar-refractivity contribution >= 4 is 5.97 Å². The van der Waals surface area contributed by atoms with E-state index in [1.807, 2.05) is 6.07 Å². The van der Waals surface area contributed by atoms with Crippen LogP contribution in [0.5, 0.6) is 0 Å². The summed E-state index contributed by atoms with van der Waals surface area (Å²) in [7, 11) is 0. The maximum absolute atomic E-state index is 10.9. The maximum Gasteiger partial charge on any atom is 0.309 e. The number of carbonyl (C=O) groups is 1. The largest absolute Gasteiger partial charge is 0.481 e. The van der Waals surface area contributed by atoms with Gasteiger partial charge >= 0.3 is 5.97 Å².